The number of aryl methyl sites for hydroxylation is 1. The third kappa shape index (κ3) is 1.98. The van der Waals surface area contributed by atoms with E-state index in [-0.39, 0.29) is 0 Å². The molecule has 78 valence electrons. The fraction of sp³-hybridized carbons (Fsp3) is 0.273. The zero-order valence-electron chi connectivity index (χ0n) is 8.72. The van der Waals surface area contributed by atoms with Gasteiger partial charge in [0.2, 0.25) is 0 Å². The SMILES string of the molecule is CCCc1ncnn1-c1ccc(N)cc1. The van der Waals surface area contributed by atoms with Crippen molar-refractivity contribution in [2.45, 2.75) is 19.8 Å². The first-order valence-corrected chi connectivity index (χ1v) is 5.06. The summed E-state index contributed by atoms with van der Waals surface area (Å²) in [6.45, 7) is 2.13. The highest BCUT2D eigenvalue weighted by atomic mass is 15.3. The molecule has 0 saturated carbocycles. The molecule has 0 spiro atoms. The molecule has 0 atom stereocenters. The van der Waals surface area contributed by atoms with Crippen molar-refractivity contribution in [3.05, 3.63) is 36.4 Å². The Hall–Kier alpha value is -1.84. The van der Waals surface area contributed by atoms with E-state index >= 15 is 0 Å². The van der Waals surface area contributed by atoms with Gasteiger partial charge >= 0.3 is 0 Å². The summed E-state index contributed by atoms with van der Waals surface area (Å²) in [5, 5.41) is 4.20. The van der Waals surface area contributed by atoms with Gasteiger partial charge in [0.15, 0.2) is 0 Å². The lowest BCUT2D eigenvalue weighted by molar-refractivity contribution is 0.759. The molecule has 4 heteroatoms. The van der Waals surface area contributed by atoms with Crippen molar-refractivity contribution in [1.29, 1.82) is 0 Å². The van der Waals surface area contributed by atoms with Crippen molar-refractivity contribution in [3.63, 3.8) is 0 Å². The van der Waals surface area contributed by atoms with Crippen LogP contribution in [0.2, 0.25) is 0 Å². The number of hydrogen-bond donors (Lipinski definition) is 1. The lowest BCUT2D eigenvalue weighted by Gasteiger charge is -2.04. The molecule has 1 heterocycles. The molecule has 4 nitrogen and oxygen atoms in total. The van der Waals surface area contributed by atoms with Crippen LogP contribution in [0.1, 0.15) is 19.2 Å². The average molecular weight is 202 g/mol. The minimum absolute atomic E-state index is 0.760. The van der Waals surface area contributed by atoms with E-state index in [2.05, 4.69) is 17.0 Å². The van der Waals surface area contributed by atoms with Crippen LogP contribution < -0.4 is 5.73 Å². The van der Waals surface area contributed by atoms with Crippen molar-refractivity contribution >= 4 is 5.69 Å². The smallest absolute Gasteiger partial charge is 0.138 e. The number of aromatic nitrogens is 3. The van der Waals surface area contributed by atoms with Crippen molar-refractivity contribution in [2.75, 3.05) is 5.73 Å². The Labute approximate surface area is 88.8 Å². The second-order valence-electron chi connectivity index (χ2n) is 3.43. The van der Waals surface area contributed by atoms with Gasteiger partial charge in [0, 0.05) is 12.1 Å². The van der Waals surface area contributed by atoms with E-state index in [1.807, 2.05) is 28.9 Å². The molecular weight excluding hydrogens is 188 g/mol. The topological polar surface area (TPSA) is 56.7 Å². The third-order valence-electron chi connectivity index (χ3n) is 2.23. The van der Waals surface area contributed by atoms with Gasteiger partial charge in [0.25, 0.3) is 0 Å². The Morgan fingerprint density at radius 1 is 1.27 bits per heavy atom. The van der Waals surface area contributed by atoms with E-state index in [4.69, 9.17) is 5.73 Å². The average Bonchev–Trinajstić information content (AvgIpc) is 2.68. The molecule has 0 saturated heterocycles. The summed E-state index contributed by atoms with van der Waals surface area (Å²) in [7, 11) is 0. The van der Waals surface area contributed by atoms with Gasteiger partial charge in [-0.2, -0.15) is 5.10 Å². The van der Waals surface area contributed by atoms with Crippen LogP contribution in [0.4, 0.5) is 5.69 Å². The van der Waals surface area contributed by atoms with Gasteiger partial charge in [0.1, 0.15) is 12.2 Å². The molecule has 2 N–H and O–H groups in total. The van der Waals surface area contributed by atoms with Gasteiger partial charge in [-0.3, -0.25) is 0 Å². The number of hydrogen-bond acceptors (Lipinski definition) is 3. The van der Waals surface area contributed by atoms with Crippen LogP contribution >= 0.6 is 0 Å². The maximum absolute atomic E-state index is 5.63. The van der Waals surface area contributed by atoms with Crippen LogP contribution in [0.25, 0.3) is 5.69 Å². The first kappa shape index (κ1) is 9.71. The third-order valence-corrected chi connectivity index (χ3v) is 2.23. The summed E-state index contributed by atoms with van der Waals surface area (Å²) in [5.41, 5.74) is 7.40. The zero-order valence-corrected chi connectivity index (χ0v) is 8.72. The minimum atomic E-state index is 0.760. The van der Waals surface area contributed by atoms with Gasteiger partial charge in [-0.1, -0.05) is 6.92 Å². The van der Waals surface area contributed by atoms with E-state index < -0.39 is 0 Å². The van der Waals surface area contributed by atoms with Crippen LogP contribution in [-0.2, 0) is 6.42 Å². The highest BCUT2D eigenvalue weighted by molar-refractivity contribution is 5.44. The first-order chi connectivity index (χ1) is 7.31. The number of anilines is 1. The molecule has 0 aliphatic carbocycles. The van der Waals surface area contributed by atoms with E-state index in [9.17, 15) is 0 Å². The van der Waals surface area contributed by atoms with Crippen LogP contribution in [0.5, 0.6) is 0 Å². The molecule has 0 amide bonds. The Balaban J connectivity index is 2.36. The standard InChI is InChI=1S/C11H14N4/c1-2-3-11-13-8-14-15(11)10-6-4-9(12)5-7-10/h4-8H,2-3,12H2,1H3. The molecular formula is C11H14N4. The molecule has 0 aliphatic heterocycles. The molecule has 15 heavy (non-hydrogen) atoms. The Morgan fingerprint density at radius 3 is 2.67 bits per heavy atom. The second-order valence-corrected chi connectivity index (χ2v) is 3.43. The lowest BCUT2D eigenvalue weighted by atomic mass is 10.2. The summed E-state index contributed by atoms with van der Waals surface area (Å²) in [6.07, 6.45) is 3.58. The van der Waals surface area contributed by atoms with E-state index in [0.29, 0.717) is 0 Å². The number of nitrogen functional groups attached to an aromatic ring is 1. The Morgan fingerprint density at radius 2 is 2.00 bits per heavy atom. The first-order valence-electron chi connectivity index (χ1n) is 5.06. The van der Waals surface area contributed by atoms with Gasteiger partial charge in [-0.25, -0.2) is 9.67 Å². The summed E-state index contributed by atoms with van der Waals surface area (Å²) >= 11 is 0. The molecule has 2 aromatic rings. The summed E-state index contributed by atoms with van der Waals surface area (Å²) in [5.74, 6) is 0.988. The van der Waals surface area contributed by atoms with Crippen LogP contribution in [-0.4, -0.2) is 14.8 Å². The quantitative estimate of drug-likeness (QED) is 0.772. The summed E-state index contributed by atoms with van der Waals surface area (Å²) in [4.78, 5) is 4.23. The van der Waals surface area contributed by atoms with Crippen molar-refractivity contribution in [1.82, 2.24) is 14.8 Å². The molecule has 0 aliphatic rings. The molecule has 0 radical (unpaired) electrons. The summed E-state index contributed by atoms with van der Waals surface area (Å²) < 4.78 is 1.85. The lowest BCUT2D eigenvalue weighted by Crippen LogP contribution is -2.02. The van der Waals surface area contributed by atoms with Crippen molar-refractivity contribution in [3.8, 4) is 5.69 Å². The van der Waals surface area contributed by atoms with Gasteiger partial charge in [0.05, 0.1) is 5.69 Å². The predicted octanol–water partition coefficient (Wildman–Crippen LogP) is 1.80. The number of nitrogens with two attached hydrogens (primary N) is 1. The maximum atomic E-state index is 5.63. The number of rotatable bonds is 3. The monoisotopic (exact) mass is 202 g/mol. The van der Waals surface area contributed by atoms with Crippen LogP contribution in [0.15, 0.2) is 30.6 Å². The van der Waals surface area contributed by atoms with Gasteiger partial charge < -0.3 is 5.73 Å². The molecule has 2 rings (SSSR count). The normalized spacial score (nSPS) is 10.5. The van der Waals surface area contributed by atoms with Crippen LogP contribution in [0.3, 0.4) is 0 Å². The highest BCUT2D eigenvalue weighted by Gasteiger charge is 2.04. The fourth-order valence-electron chi connectivity index (χ4n) is 1.49. The largest absolute Gasteiger partial charge is 0.399 e. The predicted molar refractivity (Wildman–Crippen MR) is 59.8 cm³/mol. The molecule has 0 bridgehead atoms. The second kappa shape index (κ2) is 4.13. The number of benzene rings is 1. The van der Waals surface area contributed by atoms with E-state index in [1.165, 1.54) is 0 Å². The highest BCUT2D eigenvalue weighted by Crippen LogP contribution is 2.12. The Bertz CT molecular complexity index is 430. The molecule has 0 fully saturated rings. The van der Waals surface area contributed by atoms with Gasteiger partial charge in [-0.05, 0) is 30.7 Å². The number of nitrogens with zero attached hydrogens (tertiary/aromatic N) is 3. The van der Waals surface area contributed by atoms with E-state index in [0.717, 1.165) is 30.0 Å². The van der Waals surface area contributed by atoms with Crippen LogP contribution in [0, 0.1) is 0 Å². The Kier molecular flexibility index (Phi) is 2.67. The van der Waals surface area contributed by atoms with E-state index in [1.54, 1.807) is 6.33 Å². The molecule has 1 aromatic carbocycles. The van der Waals surface area contributed by atoms with Crippen molar-refractivity contribution < 1.29 is 0 Å². The van der Waals surface area contributed by atoms with Crippen molar-refractivity contribution in [2.24, 2.45) is 0 Å². The molecule has 1 aromatic heterocycles. The molecule has 0 unspecified atom stereocenters. The van der Waals surface area contributed by atoms with Gasteiger partial charge in [-0.15, -0.1) is 0 Å². The minimum Gasteiger partial charge on any atom is -0.399 e. The fourth-order valence-corrected chi connectivity index (χ4v) is 1.49. The summed E-state index contributed by atoms with van der Waals surface area (Å²) in [6, 6.07) is 7.63. The zero-order chi connectivity index (χ0) is 10.7. The maximum Gasteiger partial charge on any atom is 0.138 e.